The van der Waals surface area contributed by atoms with Crippen molar-refractivity contribution in [3.63, 3.8) is 0 Å². The van der Waals surface area contributed by atoms with Gasteiger partial charge in [0.15, 0.2) is 0 Å². The van der Waals surface area contributed by atoms with E-state index in [1.54, 1.807) is 0 Å². The lowest BCUT2D eigenvalue weighted by atomic mass is 9.71. The molecule has 0 heterocycles. The van der Waals surface area contributed by atoms with Crippen LogP contribution in [-0.2, 0) is 19.1 Å². The first-order valence-corrected chi connectivity index (χ1v) is 22.1. The van der Waals surface area contributed by atoms with Crippen LogP contribution in [0.2, 0.25) is 0 Å². The highest BCUT2D eigenvalue weighted by atomic mass is 16.5. The van der Waals surface area contributed by atoms with Crippen molar-refractivity contribution >= 4 is 11.9 Å². The molecular formula is C52H80N4O4. The molecule has 2 aliphatic carbocycles. The summed E-state index contributed by atoms with van der Waals surface area (Å²) in [4.78, 5) is 25.2. The minimum Gasteiger partial charge on any atom is -0.461 e. The summed E-state index contributed by atoms with van der Waals surface area (Å²) in [6.45, 7) is 22.7. The van der Waals surface area contributed by atoms with Crippen molar-refractivity contribution < 1.29 is 19.1 Å². The molecule has 60 heavy (non-hydrogen) atoms. The molecule has 4 atom stereocenters. The molecule has 0 saturated heterocycles. The average Bonchev–Trinajstić information content (AvgIpc) is 3.15. The number of esters is 2. The fourth-order valence-corrected chi connectivity index (χ4v) is 7.99. The van der Waals surface area contributed by atoms with Crippen LogP contribution < -0.4 is 22.9 Å². The van der Waals surface area contributed by atoms with Gasteiger partial charge >= 0.3 is 11.9 Å². The van der Waals surface area contributed by atoms with Crippen molar-refractivity contribution in [3.05, 3.63) is 130 Å². The Hall–Kier alpha value is -4.08. The van der Waals surface area contributed by atoms with Gasteiger partial charge in [-0.15, -0.1) is 0 Å². The third kappa shape index (κ3) is 19.1. The topological polar surface area (TPSA) is 157 Å². The van der Waals surface area contributed by atoms with Gasteiger partial charge in [-0.3, -0.25) is 9.59 Å². The van der Waals surface area contributed by atoms with Gasteiger partial charge < -0.3 is 32.4 Å². The van der Waals surface area contributed by atoms with Crippen LogP contribution in [0.25, 0.3) is 0 Å². The summed E-state index contributed by atoms with van der Waals surface area (Å²) in [6, 6.07) is -1.18. The number of allylic oxidation sites excluding steroid dienone is 20. The first kappa shape index (κ1) is 52.1. The van der Waals surface area contributed by atoms with Crippen LogP contribution in [0.1, 0.15) is 133 Å². The normalized spacial score (nSPS) is 22.0. The number of carbonyl (C=O) groups is 2. The molecule has 0 aromatic heterocycles. The Morgan fingerprint density at radius 1 is 0.583 bits per heavy atom. The van der Waals surface area contributed by atoms with E-state index in [0.717, 1.165) is 73.7 Å². The predicted octanol–water partition coefficient (Wildman–Crippen LogP) is 10.6. The lowest BCUT2D eigenvalue weighted by Gasteiger charge is -2.37. The van der Waals surface area contributed by atoms with Crippen molar-refractivity contribution in [2.24, 2.45) is 33.8 Å². The molecule has 0 amide bonds. The van der Waals surface area contributed by atoms with E-state index in [4.69, 9.17) is 32.4 Å². The molecule has 8 N–H and O–H groups in total. The zero-order valence-electron chi connectivity index (χ0n) is 38.8. The van der Waals surface area contributed by atoms with Crippen LogP contribution in [0, 0.1) is 10.8 Å². The maximum atomic E-state index is 12.6. The Morgan fingerprint density at radius 2 is 0.917 bits per heavy atom. The second-order valence-corrected chi connectivity index (χ2v) is 18.3. The van der Waals surface area contributed by atoms with Crippen molar-refractivity contribution in [3.8, 4) is 0 Å². The van der Waals surface area contributed by atoms with E-state index in [9.17, 15) is 9.59 Å². The van der Waals surface area contributed by atoms with Gasteiger partial charge in [0.05, 0.1) is 0 Å². The fourth-order valence-electron chi connectivity index (χ4n) is 7.99. The summed E-state index contributed by atoms with van der Waals surface area (Å²) in [5.74, 6) is -0.617. The summed E-state index contributed by atoms with van der Waals surface area (Å²) >= 11 is 0. The minimum atomic E-state index is -0.591. The highest BCUT2D eigenvalue weighted by molar-refractivity contribution is 5.76. The standard InChI is InChI=1S/C52H80N4O4/c1-37(21-17-23-39(3)27-29-45-41(5)33-43(35-51(45,7)8)59-49(57)47(55)25-13-15-31-53)19-11-12-20-38(2)22-18-24-40(4)28-30-46-42(6)34-44(36-52(46,9)10)60-50(58)48(56)26-14-16-32-54/h11-12,17-24,27-30,43-44,47-48H,13-16,25-26,31-36,53-56H2,1-10H3/b12-11+,21-17+,22-18+,29-27+,30-28+,37-19+,38-20+,39-23+,40-24+. The van der Waals surface area contributed by atoms with Gasteiger partial charge in [-0.2, -0.15) is 0 Å². The first-order valence-electron chi connectivity index (χ1n) is 22.1. The van der Waals surface area contributed by atoms with Crippen LogP contribution in [0.5, 0.6) is 0 Å². The Bertz CT molecular complexity index is 1650. The molecule has 0 spiro atoms. The Morgan fingerprint density at radius 3 is 1.25 bits per heavy atom. The minimum absolute atomic E-state index is 0.122. The van der Waals surface area contributed by atoms with Crippen LogP contribution in [0.15, 0.2) is 130 Å². The molecule has 8 nitrogen and oxygen atoms in total. The summed E-state index contributed by atoms with van der Waals surface area (Å²) in [6.07, 6.45) is 36.9. The molecule has 0 saturated carbocycles. The van der Waals surface area contributed by atoms with Gasteiger partial charge in [0.25, 0.3) is 0 Å². The number of rotatable bonds is 22. The number of unbranched alkanes of at least 4 members (excludes halogenated alkanes) is 2. The Balaban J connectivity index is 1.91. The Kier molecular flexibility index (Phi) is 22.8. The first-order chi connectivity index (χ1) is 28.3. The van der Waals surface area contributed by atoms with Crippen LogP contribution in [0.4, 0.5) is 0 Å². The molecule has 4 unspecified atom stereocenters. The number of hydrogen-bond acceptors (Lipinski definition) is 8. The van der Waals surface area contributed by atoms with E-state index in [2.05, 4.69) is 154 Å². The van der Waals surface area contributed by atoms with Gasteiger partial charge in [-0.25, -0.2) is 0 Å². The SMILES string of the molecule is CC1=C(/C=C/C(C)=C/C=C/C(C)=C/C=C/C=C(C)/C=C/C=C(C)/C=C/C2=C(C)CC(OC(=O)C(N)CCCCN)CC2(C)C)C(C)(C)CC(OC(=O)C(N)CCCCN)C1. The number of hydrogen-bond donors (Lipinski definition) is 4. The molecule has 0 radical (unpaired) electrons. The molecule has 0 fully saturated rings. The summed E-state index contributed by atoms with van der Waals surface area (Å²) in [7, 11) is 0. The summed E-state index contributed by atoms with van der Waals surface area (Å²) < 4.78 is 11.7. The highest BCUT2D eigenvalue weighted by Gasteiger charge is 2.36. The third-order valence-electron chi connectivity index (χ3n) is 11.3. The monoisotopic (exact) mass is 825 g/mol. The average molecular weight is 825 g/mol. The van der Waals surface area contributed by atoms with E-state index in [1.165, 1.54) is 22.3 Å². The zero-order chi connectivity index (χ0) is 44.9. The predicted molar refractivity (Wildman–Crippen MR) is 254 cm³/mol. The highest BCUT2D eigenvalue weighted by Crippen LogP contribution is 2.43. The molecule has 8 heteroatoms. The third-order valence-corrected chi connectivity index (χ3v) is 11.3. The van der Waals surface area contributed by atoms with Crippen LogP contribution >= 0.6 is 0 Å². The van der Waals surface area contributed by atoms with Gasteiger partial charge in [-0.05, 0) is 115 Å². The van der Waals surface area contributed by atoms with Crippen molar-refractivity contribution in [1.29, 1.82) is 0 Å². The van der Waals surface area contributed by atoms with Crippen molar-refractivity contribution in [1.82, 2.24) is 0 Å². The smallest absolute Gasteiger partial charge is 0.323 e. The van der Waals surface area contributed by atoms with Gasteiger partial charge in [-0.1, -0.05) is 159 Å². The number of nitrogens with two attached hydrogens (primary N) is 4. The molecular weight excluding hydrogens is 745 g/mol. The molecule has 0 bridgehead atoms. The molecule has 0 aromatic rings. The summed E-state index contributed by atoms with van der Waals surface area (Å²) in [5.41, 5.74) is 32.7. The lowest BCUT2D eigenvalue weighted by Crippen LogP contribution is -2.38. The second kappa shape index (κ2) is 26.3. The lowest BCUT2D eigenvalue weighted by molar-refractivity contribution is -0.153. The van der Waals surface area contributed by atoms with Crippen LogP contribution in [-0.4, -0.2) is 49.3 Å². The van der Waals surface area contributed by atoms with E-state index in [-0.39, 0.29) is 35.0 Å². The molecule has 2 rings (SSSR count). The van der Waals surface area contributed by atoms with E-state index >= 15 is 0 Å². The fraction of sp³-hybridized carbons (Fsp3) is 0.538. The quantitative estimate of drug-likeness (QED) is 0.0477. The molecule has 0 aliphatic heterocycles. The van der Waals surface area contributed by atoms with E-state index in [1.807, 2.05) is 0 Å². The number of ether oxygens (including phenoxy) is 2. The van der Waals surface area contributed by atoms with Gasteiger partial charge in [0.1, 0.15) is 24.3 Å². The van der Waals surface area contributed by atoms with Crippen LogP contribution in [0.3, 0.4) is 0 Å². The molecule has 2 aliphatic rings. The van der Waals surface area contributed by atoms with E-state index < -0.39 is 12.1 Å². The van der Waals surface area contributed by atoms with Gasteiger partial charge in [0, 0.05) is 12.8 Å². The maximum absolute atomic E-state index is 12.6. The molecule has 0 aromatic carbocycles. The van der Waals surface area contributed by atoms with Gasteiger partial charge in [0.2, 0.25) is 0 Å². The van der Waals surface area contributed by atoms with E-state index in [0.29, 0.717) is 25.9 Å². The second-order valence-electron chi connectivity index (χ2n) is 18.3. The summed E-state index contributed by atoms with van der Waals surface area (Å²) in [5, 5.41) is 0. The van der Waals surface area contributed by atoms with Crippen molar-refractivity contribution in [2.45, 2.75) is 158 Å². The molecule has 332 valence electrons. The largest absolute Gasteiger partial charge is 0.461 e. The van der Waals surface area contributed by atoms with Crippen molar-refractivity contribution in [2.75, 3.05) is 13.1 Å². The maximum Gasteiger partial charge on any atom is 0.323 e. The zero-order valence-corrected chi connectivity index (χ0v) is 38.8. The Labute approximate surface area is 364 Å². The number of carbonyl (C=O) groups excluding carboxylic acids is 2.